The van der Waals surface area contributed by atoms with Crippen LogP contribution < -0.4 is 5.32 Å². The summed E-state index contributed by atoms with van der Waals surface area (Å²) in [4.78, 5) is 0. The molecule has 0 saturated heterocycles. The summed E-state index contributed by atoms with van der Waals surface area (Å²) >= 11 is 0. The Morgan fingerprint density at radius 1 is 1.12 bits per heavy atom. The first kappa shape index (κ1) is 14.2. The minimum absolute atomic E-state index is 0.430. The van der Waals surface area contributed by atoms with Crippen LogP contribution in [-0.2, 0) is 0 Å². The van der Waals surface area contributed by atoms with Crippen molar-refractivity contribution in [3.63, 3.8) is 0 Å². The molecule has 1 aromatic carbocycles. The number of rotatable bonds is 5. The normalized spacial score (nSPS) is 16.6. The van der Waals surface area contributed by atoms with Gasteiger partial charge in [0, 0.05) is 12.1 Å². The van der Waals surface area contributed by atoms with E-state index in [-0.39, 0.29) is 0 Å². The van der Waals surface area contributed by atoms with E-state index < -0.39 is 0 Å². The van der Waals surface area contributed by atoms with Crippen molar-refractivity contribution in [3.05, 3.63) is 34.9 Å². The number of benzene rings is 1. The lowest BCUT2D eigenvalue weighted by molar-refractivity contribution is 0.360. The van der Waals surface area contributed by atoms with E-state index in [2.05, 4.69) is 65.1 Å². The molecule has 3 atom stereocenters. The van der Waals surface area contributed by atoms with Gasteiger partial charge in [-0.3, -0.25) is 0 Å². The fourth-order valence-electron chi connectivity index (χ4n) is 2.31. The van der Waals surface area contributed by atoms with E-state index in [1.807, 2.05) is 0 Å². The van der Waals surface area contributed by atoms with Crippen LogP contribution in [0.4, 0.5) is 0 Å². The van der Waals surface area contributed by atoms with E-state index in [1.54, 1.807) is 0 Å². The highest BCUT2D eigenvalue weighted by atomic mass is 14.9. The third-order valence-electron chi connectivity index (χ3n) is 3.90. The Kier molecular flexibility index (Phi) is 5.20. The van der Waals surface area contributed by atoms with E-state index in [4.69, 9.17) is 0 Å². The van der Waals surface area contributed by atoms with Crippen LogP contribution in [0.3, 0.4) is 0 Å². The Balaban J connectivity index is 2.72. The molecule has 0 amide bonds. The second kappa shape index (κ2) is 6.20. The van der Waals surface area contributed by atoms with Crippen LogP contribution in [-0.4, -0.2) is 6.04 Å². The minimum Gasteiger partial charge on any atom is -0.307 e. The fourth-order valence-corrected chi connectivity index (χ4v) is 2.31. The summed E-state index contributed by atoms with van der Waals surface area (Å²) in [5, 5.41) is 3.71. The SMILES string of the molecule is CCC(C)C(C)NC(C)c1ccc(C)cc1C. The van der Waals surface area contributed by atoms with Gasteiger partial charge in [-0.1, -0.05) is 44.0 Å². The number of hydrogen-bond donors (Lipinski definition) is 1. The van der Waals surface area contributed by atoms with Crippen molar-refractivity contribution in [2.24, 2.45) is 5.92 Å². The molecule has 0 fully saturated rings. The summed E-state index contributed by atoms with van der Waals surface area (Å²) in [6.45, 7) is 13.5. The first-order chi connectivity index (χ1) is 7.95. The predicted molar refractivity (Wildman–Crippen MR) is 76.4 cm³/mol. The van der Waals surface area contributed by atoms with Crippen LogP contribution in [0.1, 0.15) is 56.8 Å². The van der Waals surface area contributed by atoms with E-state index in [1.165, 1.54) is 23.1 Å². The summed E-state index contributed by atoms with van der Waals surface area (Å²) in [6.07, 6.45) is 1.23. The largest absolute Gasteiger partial charge is 0.307 e. The molecule has 0 spiro atoms. The van der Waals surface area contributed by atoms with Crippen molar-refractivity contribution < 1.29 is 0 Å². The maximum absolute atomic E-state index is 3.71. The van der Waals surface area contributed by atoms with Gasteiger partial charge in [0.25, 0.3) is 0 Å². The van der Waals surface area contributed by atoms with Gasteiger partial charge in [-0.15, -0.1) is 0 Å². The molecule has 1 N–H and O–H groups in total. The summed E-state index contributed by atoms with van der Waals surface area (Å²) in [5.41, 5.74) is 4.15. The van der Waals surface area contributed by atoms with Gasteiger partial charge < -0.3 is 5.32 Å². The first-order valence-corrected chi connectivity index (χ1v) is 6.78. The number of hydrogen-bond acceptors (Lipinski definition) is 1. The molecule has 1 aromatic rings. The van der Waals surface area contributed by atoms with Crippen molar-refractivity contribution >= 4 is 0 Å². The first-order valence-electron chi connectivity index (χ1n) is 6.78. The maximum atomic E-state index is 3.71. The van der Waals surface area contributed by atoms with Gasteiger partial charge in [0.15, 0.2) is 0 Å². The maximum Gasteiger partial charge on any atom is 0.0296 e. The van der Waals surface area contributed by atoms with Gasteiger partial charge in [-0.25, -0.2) is 0 Å². The van der Waals surface area contributed by atoms with Gasteiger partial charge in [-0.05, 0) is 44.7 Å². The average molecular weight is 233 g/mol. The van der Waals surface area contributed by atoms with Crippen LogP contribution in [0.2, 0.25) is 0 Å². The van der Waals surface area contributed by atoms with E-state index >= 15 is 0 Å². The molecule has 1 nitrogen and oxygen atoms in total. The van der Waals surface area contributed by atoms with Crippen molar-refractivity contribution in [1.82, 2.24) is 5.32 Å². The van der Waals surface area contributed by atoms with Crippen molar-refractivity contribution in [1.29, 1.82) is 0 Å². The summed E-state index contributed by atoms with van der Waals surface area (Å²) < 4.78 is 0. The molecular weight excluding hydrogens is 206 g/mol. The lowest BCUT2D eigenvalue weighted by atomic mass is 9.96. The van der Waals surface area contributed by atoms with Crippen LogP contribution in [0.15, 0.2) is 18.2 Å². The molecule has 17 heavy (non-hydrogen) atoms. The topological polar surface area (TPSA) is 12.0 Å². The van der Waals surface area contributed by atoms with Crippen LogP contribution in [0.25, 0.3) is 0 Å². The summed E-state index contributed by atoms with van der Waals surface area (Å²) in [5.74, 6) is 0.725. The zero-order chi connectivity index (χ0) is 13.0. The fraction of sp³-hybridized carbons (Fsp3) is 0.625. The Morgan fingerprint density at radius 3 is 2.29 bits per heavy atom. The molecule has 0 aliphatic heterocycles. The molecule has 96 valence electrons. The molecule has 0 heterocycles. The Hall–Kier alpha value is -0.820. The van der Waals surface area contributed by atoms with Crippen molar-refractivity contribution in [2.45, 2.75) is 60.0 Å². The van der Waals surface area contributed by atoms with Crippen LogP contribution in [0, 0.1) is 19.8 Å². The Bertz CT molecular complexity index is 357. The highest BCUT2D eigenvalue weighted by Gasteiger charge is 2.15. The molecule has 1 heteroatoms. The third-order valence-corrected chi connectivity index (χ3v) is 3.90. The molecule has 0 radical (unpaired) electrons. The van der Waals surface area contributed by atoms with Gasteiger partial charge in [-0.2, -0.15) is 0 Å². The van der Waals surface area contributed by atoms with Crippen LogP contribution in [0.5, 0.6) is 0 Å². The molecule has 0 aromatic heterocycles. The van der Waals surface area contributed by atoms with Gasteiger partial charge in [0.2, 0.25) is 0 Å². The Labute approximate surface area is 107 Å². The van der Waals surface area contributed by atoms with Gasteiger partial charge in [0.1, 0.15) is 0 Å². The molecule has 3 unspecified atom stereocenters. The van der Waals surface area contributed by atoms with E-state index in [9.17, 15) is 0 Å². The molecule has 0 aliphatic rings. The smallest absolute Gasteiger partial charge is 0.0296 e. The number of nitrogens with one attached hydrogen (secondary N) is 1. The summed E-state index contributed by atoms with van der Waals surface area (Å²) in [6, 6.07) is 7.72. The minimum atomic E-state index is 0.430. The predicted octanol–water partition coefficient (Wildman–Crippen LogP) is 4.39. The highest BCUT2D eigenvalue weighted by molar-refractivity contribution is 5.32. The highest BCUT2D eigenvalue weighted by Crippen LogP contribution is 2.20. The molecular formula is C16H27N. The molecule has 0 aliphatic carbocycles. The molecule has 0 saturated carbocycles. The summed E-state index contributed by atoms with van der Waals surface area (Å²) in [7, 11) is 0. The average Bonchev–Trinajstić information content (AvgIpc) is 2.27. The van der Waals surface area contributed by atoms with E-state index in [0.29, 0.717) is 12.1 Å². The van der Waals surface area contributed by atoms with Crippen LogP contribution >= 0.6 is 0 Å². The lowest BCUT2D eigenvalue weighted by Gasteiger charge is -2.25. The molecule has 1 rings (SSSR count). The molecule has 0 bridgehead atoms. The third kappa shape index (κ3) is 3.85. The second-order valence-electron chi connectivity index (χ2n) is 5.42. The monoisotopic (exact) mass is 233 g/mol. The van der Waals surface area contributed by atoms with Crippen molar-refractivity contribution in [3.8, 4) is 0 Å². The quantitative estimate of drug-likeness (QED) is 0.795. The van der Waals surface area contributed by atoms with Gasteiger partial charge >= 0.3 is 0 Å². The standard InChI is InChI=1S/C16H27N/c1-7-12(3)14(5)17-15(6)16-9-8-11(2)10-13(16)4/h8-10,12,14-15,17H,7H2,1-6H3. The lowest BCUT2D eigenvalue weighted by Crippen LogP contribution is -2.34. The van der Waals surface area contributed by atoms with Crippen molar-refractivity contribution in [2.75, 3.05) is 0 Å². The zero-order valence-electron chi connectivity index (χ0n) is 12.2. The zero-order valence-corrected chi connectivity index (χ0v) is 12.2. The Morgan fingerprint density at radius 2 is 1.76 bits per heavy atom. The van der Waals surface area contributed by atoms with E-state index in [0.717, 1.165) is 5.92 Å². The van der Waals surface area contributed by atoms with Gasteiger partial charge in [0.05, 0.1) is 0 Å². The second-order valence-corrected chi connectivity index (χ2v) is 5.42. The number of aryl methyl sites for hydroxylation is 2.